The Morgan fingerprint density at radius 1 is 0.800 bits per heavy atom. The monoisotopic (exact) mass is 116 g/mol. The Labute approximate surface area is 66.5 Å². The van der Waals surface area contributed by atoms with Crippen molar-refractivity contribution < 1.29 is 4.70 Å². The Hall–Kier alpha value is 0.384. The van der Waals surface area contributed by atoms with Crippen molar-refractivity contribution in [2.75, 3.05) is 0 Å². The predicted octanol–water partition coefficient (Wildman–Crippen LogP) is -3.81. The molecule has 0 aliphatic carbocycles. The van der Waals surface area contributed by atoms with Crippen LogP contribution in [0.3, 0.4) is 0 Å². The average molecular weight is 114 g/mol. The summed E-state index contributed by atoms with van der Waals surface area (Å²) in [7, 11) is 4.24. The predicted molar refractivity (Wildman–Crippen MR) is 53.9 cm³/mol. The van der Waals surface area contributed by atoms with Crippen LogP contribution in [0.25, 0.3) is 0 Å². The topological polar surface area (TPSA) is 17.1 Å². The van der Waals surface area contributed by atoms with E-state index in [1.165, 1.54) is 6.69 Å². The first kappa shape index (κ1) is 10.4. The fourth-order valence-electron chi connectivity index (χ4n) is 0.381. The van der Waals surface area contributed by atoms with Gasteiger partial charge in [0, 0.05) is 0 Å². The fraction of sp³-hybridized carbons (Fsp3) is 0. The molecule has 0 unspecified atom stereocenters. The van der Waals surface area contributed by atoms with Crippen molar-refractivity contribution in [3.8, 4) is 0 Å². The maximum atomic E-state index is 9.74. The zero-order chi connectivity index (χ0) is 7.66. The molecule has 0 aromatic carbocycles. The van der Waals surface area contributed by atoms with E-state index in [1.54, 1.807) is 20.1 Å². The van der Waals surface area contributed by atoms with Gasteiger partial charge >= 0.3 is 66.0 Å². The summed E-state index contributed by atoms with van der Waals surface area (Å²) in [6.07, 6.45) is 0. The minimum absolute atomic E-state index is 0.738. The molecule has 0 saturated carbocycles. The number of rotatable bonds is 4. The third kappa shape index (κ3) is 8.38. The zero-order valence-electron chi connectivity index (χ0n) is 5.73. The fourth-order valence-corrected chi connectivity index (χ4v) is 0.381. The van der Waals surface area contributed by atoms with Crippen molar-refractivity contribution in [1.29, 1.82) is 0 Å². The van der Waals surface area contributed by atoms with Gasteiger partial charge in [0.05, 0.1) is 0 Å². The van der Waals surface area contributed by atoms with Gasteiger partial charge in [-0.2, -0.15) is 0 Å². The molecular formula is HB9O. The van der Waals surface area contributed by atoms with Crippen molar-refractivity contribution >= 4 is 61.3 Å². The molecule has 10 heavy (non-hydrogen) atoms. The summed E-state index contributed by atoms with van der Waals surface area (Å²) in [6.45, 7) is 12.0. The van der Waals surface area contributed by atoms with Crippen LogP contribution in [-0.2, 0) is 4.70 Å². The van der Waals surface area contributed by atoms with Gasteiger partial charge in [0.1, 0.15) is 0 Å². The van der Waals surface area contributed by atoms with E-state index in [1.807, 2.05) is 20.1 Å². The van der Waals surface area contributed by atoms with E-state index >= 15 is 0 Å². The summed E-state index contributed by atoms with van der Waals surface area (Å²) in [6, 6.07) is 0. The second-order valence-electron chi connectivity index (χ2n) is 1.53. The molecule has 0 aliphatic heterocycles. The minimum atomic E-state index is 0.738. The summed E-state index contributed by atoms with van der Waals surface area (Å²) in [5.41, 5.74) is 0. The molecule has 0 atom stereocenters. The van der Waals surface area contributed by atoms with Crippen LogP contribution in [0.5, 0.6) is 0 Å². The third-order valence-corrected chi connectivity index (χ3v) is 0.770. The number of hydrogen-bond acceptors (Lipinski definition) is 1. The molecule has 0 radical (unpaired) electrons. The van der Waals surface area contributed by atoms with Gasteiger partial charge in [0.2, 0.25) is 0 Å². The van der Waals surface area contributed by atoms with Gasteiger partial charge in [-0.25, -0.2) is 0 Å². The first-order valence-electron chi connectivity index (χ1n) is 2.98. The summed E-state index contributed by atoms with van der Waals surface area (Å²) < 4.78 is 9.74. The van der Waals surface area contributed by atoms with Gasteiger partial charge in [-0.05, 0) is 0 Å². The molecule has 0 heterocycles. The molecule has 0 N–H and O–H groups in total. The first-order chi connectivity index (χ1) is 4.91. The second kappa shape index (κ2) is 9.38. The Morgan fingerprint density at radius 3 is 1.80 bits per heavy atom. The average Bonchev–Trinajstić information content (AvgIpc) is 1.97. The van der Waals surface area contributed by atoms with E-state index in [9.17, 15) is 4.70 Å². The molecule has 0 aliphatic rings. The molecule has 0 amide bonds. The molecule has 0 fully saturated rings. The molecule has 0 aromatic rings. The zero-order valence-corrected chi connectivity index (χ0v) is 5.73. The van der Waals surface area contributed by atoms with Crippen LogP contribution in [0.15, 0.2) is 0 Å². The van der Waals surface area contributed by atoms with E-state index in [0.29, 0.717) is 0 Å². The van der Waals surface area contributed by atoms with Gasteiger partial charge in [0.25, 0.3) is 0 Å². The molecule has 34 valence electrons. The normalized spacial score (nSPS) is 5.90. The molecule has 0 rings (SSSR count). The molecule has 1 nitrogen and oxygen atoms in total. The van der Waals surface area contributed by atoms with E-state index < -0.39 is 0 Å². The van der Waals surface area contributed by atoms with Crippen molar-refractivity contribution in [3.05, 3.63) is 0 Å². The Balaban J connectivity index is 3.55. The van der Waals surface area contributed by atoms with Crippen LogP contribution < -0.4 is 0 Å². The molecule has 0 saturated heterocycles. The van der Waals surface area contributed by atoms with Crippen molar-refractivity contribution in [2.45, 2.75) is 0 Å². The molecule has 0 spiro atoms. The van der Waals surface area contributed by atoms with Gasteiger partial charge < -0.3 is 0 Å². The van der Waals surface area contributed by atoms with Crippen LogP contribution >= 0.6 is 0 Å². The standard InChI is InChI=1S/B9HO/c1-2-3-4-5-6-7-8-9-10/h1H. The first-order valence-corrected chi connectivity index (χ1v) is 2.98. The van der Waals surface area contributed by atoms with Crippen LogP contribution in [-0.4, -0.2) is 61.3 Å². The summed E-state index contributed by atoms with van der Waals surface area (Å²) in [5.74, 6) is 0. The maximum absolute atomic E-state index is 9.74. The van der Waals surface area contributed by atoms with Gasteiger partial charge in [0.15, 0.2) is 0 Å². The van der Waals surface area contributed by atoms with Crippen molar-refractivity contribution in [1.82, 2.24) is 0 Å². The molecule has 0 bridgehead atoms. The molecular weight excluding hydrogens is 113 g/mol. The van der Waals surface area contributed by atoms with Gasteiger partial charge in [-0.1, -0.05) is 0 Å². The van der Waals surface area contributed by atoms with Gasteiger partial charge in [-0.15, -0.1) is 0 Å². The Kier molecular flexibility index (Phi) is 9.75. The van der Waals surface area contributed by atoms with Crippen molar-refractivity contribution in [3.63, 3.8) is 0 Å². The summed E-state index contributed by atoms with van der Waals surface area (Å²) >= 11 is 0. The van der Waals surface area contributed by atoms with Crippen LogP contribution in [0.4, 0.5) is 0 Å². The van der Waals surface area contributed by atoms with Crippen LogP contribution in [0.1, 0.15) is 0 Å². The van der Waals surface area contributed by atoms with Crippen molar-refractivity contribution in [2.24, 2.45) is 0 Å². The van der Waals surface area contributed by atoms with E-state index in [4.69, 9.17) is 0 Å². The third-order valence-electron chi connectivity index (χ3n) is 0.770. The quantitative estimate of drug-likeness (QED) is 0.343. The summed E-state index contributed by atoms with van der Waals surface area (Å²) in [5, 5.41) is 0. The summed E-state index contributed by atoms with van der Waals surface area (Å²) in [4.78, 5) is 0. The van der Waals surface area contributed by atoms with E-state index in [-0.39, 0.29) is 0 Å². The molecule has 10 heteroatoms. The molecule has 0 aromatic heterocycles. The van der Waals surface area contributed by atoms with Crippen LogP contribution in [0.2, 0.25) is 0 Å². The van der Waals surface area contributed by atoms with E-state index in [2.05, 4.69) is 7.37 Å². The Bertz CT molecular complexity index is 153. The number of hydrogen-bond donors (Lipinski definition) is 0. The van der Waals surface area contributed by atoms with Gasteiger partial charge in [-0.3, -0.25) is 0 Å². The van der Waals surface area contributed by atoms with E-state index in [0.717, 1.165) is 7.04 Å². The SMILES string of the molecule is B=B\B=B/B=B\B=B/B=O. The second-order valence-corrected chi connectivity index (χ2v) is 1.53. The Morgan fingerprint density at radius 2 is 1.30 bits per heavy atom. The van der Waals surface area contributed by atoms with Crippen LogP contribution in [0, 0.1) is 0 Å².